The van der Waals surface area contributed by atoms with Crippen molar-refractivity contribution >= 4 is 0 Å². The van der Waals surface area contributed by atoms with Crippen LogP contribution in [0.4, 0.5) is 0 Å². The molecule has 1 heteroatoms. The maximum atomic E-state index is 4.19. The monoisotopic (exact) mass is 243 g/mol. The summed E-state index contributed by atoms with van der Waals surface area (Å²) < 4.78 is 0. The predicted molar refractivity (Wildman–Crippen MR) is 81.8 cm³/mol. The van der Waals surface area contributed by atoms with E-state index in [1.54, 1.807) is 0 Å². The van der Waals surface area contributed by atoms with Crippen LogP contribution in [0.2, 0.25) is 0 Å². The summed E-state index contributed by atoms with van der Waals surface area (Å²) in [7, 11) is 0. The molecule has 0 amide bonds. The second kappa shape index (κ2) is 9.41. The highest BCUT2D eigenvalue weighted by Crippen LogP contribution is 2.19. The van der Waals surface area contributed by atoms with Gasteiger partial charge in [-0.05, 0) is 37.1 Å². The Hall–Kier alpha value is -1.63. The van der Waals surface area contributed by atoms with Crippen molar-refractivity contribution in [3.8, 4) is 11.1 Å². The molecule has 0 aliphatic carbocycles. The van der Waals surface area contributed by atoms with E-state index in [4.69, 9.17) is 0 Å². The van der Waals surface area contributed by atoms with Gasteiger partial charge in [0.2, 0.25) is 0 Å². The van der Waals surface area contributed by atoms with Crippen molar-refractivity contribution in [3.63, 3.8) is 0 Å². The van der Waals surface area contributed by atoms with Crippen LogP contribution in [0.3, 0.4) is 0 Å². The van der Waals surface area contributed by atoms with Gasteiger partial charge in [0.1, 0.15) is 0 Å². The van der Waals surface area contributed by atoms with Crippen molar-refractivity contribution in [3.05, 3.63) is 53.9 Å². The standard InChI is InChI=1S/C13H13N.2C2H6/c1-10-4-3-5-12(8-10)13-6-7-14-11(2)9-13;2*1-2/h3-9H,1-2H3;2*1-2H3. The van der Waals surface area contributed by atoms with Gasteiger partial charge >= 0.3 is 0 Å². The average Bonchev–Trinajstić information content (AvgIpc) is 2.43. The van der Waals surface area contributed by atoms with E-state index in [1.165, 1.54) is 16.7 Å². The first-order chi connectivity index (χ1) is 8.75. The molecule has 0 aliphatic heterocycles. The molecule has 1 heterocycles. The zero-order chi connectivity index (χ0) is 14.0. The van der Waals surface area contributed by atoms with E-state index in [2.05, 4.69) is 42.2 Å². The lowest BCUT2D eigenvalue weighted by molar-refractivity contribution is 1.20. The van der Waals surface area contributed by atoms with Crippen LogP contribution < -0.4 is 0 Å². The Balaban J connectivity index is 0.000000659. The molecule has 0 spiro atoms. The summed E-state index contributed by atoms with van der Waals surface area (Å²) in [6.07, 6.45) is 1.85. The molecule has 0 bridgehead atoms. The van der Waals surface area contributed by atoms with Gasteiger partial charge in [-0.25, -0.2) is 0 Å². The van der Waals surface area contributed by atoms with E-state index < -0.39 is 0 Å². The molecule has 98 valence electrons. The Morgan fingerprint density at radius 3 is 1.94 bits per heavy atom. The summed E-state index contributed by atoms with van der Waals surface area (Å²) in [6, 6.07) is 12.7. The van der Waals surface area contributed by atoms with Crippen molar-refractivity contribution in [1.82, 2.24) is 4.98 Å². The number of hydrogen-bond donors (Lipinski definition) is 0. The fourth-order valence-electron chi connectivity index (χ4n) is 1.55. The van der Waals surface area contributed by atoms with Gasteiger partial charge in [-0.2, -0.15) is 0 Å². The normalized spacial score (nSPS) is 8.56. The molecular weight excluding hydrogens is 218 g/mol. The molecule has 0 radical (unpaired) electrons. The lowest BCUT2D eigenvalue weighted by Crippen LogP contribution is -1.83. The van der Waals surface area contributed by atoms with Gasteiger partial charge in [0.15, 0.2) is 0 Å². The molecule has 0 unspecified atom stereocenters. The molecular formula is C17H25N. The zero-order valence-corrected chi connectivity index (χ0v) is 12.5. The second-order valence-electron chi connectivity index (χ2n) is 3.56. The van der Waals surface area contributed by atoms with Crippen LogP contribution in [-0.2, 0) is 0 Å². The van der Waals surface area contributed by atoms with Gasteiger partial charge in [-0.1, -0.05) is 57.5 Å². The summed E-state index contributed by atoms with van der Waals surface area (Å²) in [5.74, 6) is 0. The van der Waals surface area contributed by atoms with Gasteiger partial charge < -0.3 is 0 Å². The molecule has 1 aromatic heterocycles. The first-order valence-corrected chi connectivity index (χ1v) is 6.75. The smallest absolute Gasteiger partial charge is 0.0378 e. The van der Waals surface area contributed by atoms with Gasteiger partial charge in [0, 0.05) is 11.9 Å². The van der Waals surface area contributed by atoms with Gasteiger partial charge in [0.25, 0.3) is 0 Å². The molecule has 1 nitrogen and oxygen atoms in total. The first kappa shape index (κ1) is 16.4. The van der Waals surface area contributed by atoms with Crippen LogP contribution in [0.5, 0.6) is 0 Å². The van der Waals surface area contributed by atoms with Crippen LogP contribution in [0.15, 0.2) is 42.6 Å². The molecule has 2 rings (SSSR count). The molecule has 0 saturated heterocycles. The van der Waals surface area contributed by atoms with Gasteiger partial charge in [-0.3, -0.25) is 4.98 Å². The molecule has 0 saturated carbocycles. The Morgan fingerprint density at radius 2 is 1.39 bits per heavy atom. The van der Waals surface area contributed by atoms with E-state index >= 15 is 0 Å². The van der Waals surface area contributed by atoms with Crippen LogP contribution in [0.1, 0.15) is 39.0 Å². The third-order valence-corrected chi connectivity index (χ3v) is 2.25. The zero-order valence-electron chi connectivity index (χ0n) is 12.5. The third kappa shape index (κ3) is 5.13. The summed E-state index contributed by atoms with van der Waals surface area (Å²) in [4.78, 5) is 4.19. The van der Waals surface area contributed by atoms with Gasteiger partial charge in [-0.15, -0.1) is 0 Å². The number of rotatable bonds is 1. The van der Waals surface area contributed by atoms with Crippen molar-refractivity contribution in [1.29, 1.82) is 0 Å². The largest absolute Gasteiger partial charge is 0.262 e. The number of hydrogen-bond acceptors (Lipinski definition) is 1. The lowest BCUT2D eigenvalue weighted by Gasteiger charge is -2.03. The summed E-state index contributed by atoms with van der Waals surface area (Å²) >= 11 is 0. The number of aryl methyl sites for hydroxylation is 2. The molecule has 0 atom stereocenters. The fraction of sp³-hybridized carbons (Fsp3) is 0.353. The Morgan fingerprint density at radius 1 is 0.778 bits per heavy atom. The average molecular weight is 243 g/mol. The number of pyridine rings is 1. The molecule has 2 aromatic rings. The van der Waals surface area contributed by atoms with Gasteiger partial charge in [0.05, 0.1) is 0 Å². The first-order valence-electron chi connectivity index (χ1n) is 6.75. The van der Waals surface area contributed by atoms with Crippen LogP contribution in [0.25, 0.3) is 11.1 Å². The highest BCUT2D eigenvalue weighted by Gasteiger charge is 1.97. The Labute approximate surface area is 112 Å². The minimum atomic E-state index is 1.06. The summed E-state index contributed by atoms with van der Waals surface area (Å²) in [5.41, 5.74) is 4.85. The van der Waals surface area contributed by atoms with E-state index in [9.17, 15) is 0 Å². The van der Waals surface area contributed by atoms with E-state index in [0.717, 1.165) is 5.69 Å². The maximum absolute atomic E-state index is 4.19. The maximum Gasteiger partial charge on any atom is 0.0378 e. The van der Waals surface area contributed by atoms with E-state index in [0.29, 0.717) is 0 Å². The van der Waals surface area contributed by atoms with Crippen LogP contribution in [-0.4, -0.2) is 4.98 Å². The quantitative estimate of drug-likeness (QED) is 0.652. The second-order valence-corrected chi connectivity index (χ2v) is 3.56. The number of benzene rings is 1. The van der Waals surface area contributed by atoms with Crippen LogP contribution >= 0.6 is 0 Å². The highest BCUT2D eigenvalue weighted by atomic mass is 14.6. The third-order valence-electron chi connectivity index (χ3n) is 2.25. The topological polar surface area (TPSA) is 12.9 Å². The molecule has 0 aliphatic rings. The summed E-state index contributed by atoms with van der Waals surface area (Å²) in [6.45, 7) is 12.1. The fourth-order valence-corrected chi connectivity index (χ4v) is 1.55. The lowest BCUT2D eigenvalue weighted by atomic mass is 10.0. The SMILES string of the molecule is CC.CC.Cc1cccc(-c2ccnc(C)c2)c1. The number of aromatic nitrogens is 1. The van der Waals surface area contributed by atoms with E-state index in [-0.39, 0.29) is 0 Å². The minimum Gasteiger partial charge on any atom is -0.262 e. The Kier molecular flexibility index (Phi) is 8.55. The molecule has 0 fully saturated rings. The van der Waals surface area contributed by atoms with Crippen molar-refractivity contribution in [2.75, 3.05) is 0 Å². The number of nitrogens with zero attached hydrogens (tertiary/aromatic N) is 1. The molecule has 18 heavy (non-hydrogen) atoms. The van der Waals surface area contributed by atoms with Crippen molar-refractivity contribution in [2.45, 2.75) is 41.5 Å². The van der Waals surface area contributed by atoms with Crippen LogP contribution in [0, 0.1) is 13.8 Å². The highest BCUT2D eigenvalue weighted by molar-refractivity contribution is 5.63. The summed E-state index contributed by atoms with van der Waals surface area (Å²) in [5, 5.41) is 0. The Bertz CT molecular complexity index is 403. The molecule has 0 N–H and O–H groups in total. The van der Waals surface area contributed by atoms with Crippen molar-refractivity contribution < 1.29 is 0 Å². The van der Waals surface area contributed by atoms with Crippen molar-refractivity contribution in [2.24, 2.45) is 0 Å². The minimum absolute atomic E-state index is 1.06. The van der Waals surface area contributed by atoms with E-state index in [1.807, 2.05) is 46.9 Å². The predicted octanol–water partition coefficient (Wildman–Crippen LogP) is 5.42. The molecule has 1 aromatic carbocycles.